The van der Waals surface area contributed by atoms with Gasteiger partial charge in [-0.3, -0.25) is 4.90 Å². The molecule has 2 fully saturated rings. The summed E-state index contributed by atoms with van der Waals surface area (Å²) in [7, 11) is 1.84. The summed E-state index contributed by atoms with van der Waals surface area (Å²) in [4.78, 5) is 2.70. The maximum atomic E-state index is 5.99. The van der Waals surface area contributed by atoms with Crippen LogP contribution in [-0.4, -0.2) is 49.8 Å². The maximum Gasteiger partial charge on any atom is 0.0713 e. The van der Waals surface area contributed by atoms with E-state index in [2.05, 4.69) is 22.3 Å². The van der Waals surface area contributed by atoms with E-state index in [0.717, 1.165) is 37.5 Å². The van der Waals surface area contributed by atoms with Gasteiger partial charge >= 0.3 is 0 Å². The maximum absolute atomic E-state index is 5.99. The molecule has 3 rings (SSSR count). The molecule has 1 aromatic carbocycles. The molecule has 0 aromatic heterocycles. The molecule has 0 saturated carbocycles. The van der Waals surface area contributed by atoms with Gasteiger partial charge in [-0.1, -0.05) is 23.7 Å². The summed E-state index contributed by atoms with van der Waals surface area (Å²) in [6.45, 7) is 3.37. The summed E-state index contributed by atoms with van der Waals surface area (Å²) in [6.07, 6.45) is 5.14. The fourth-order valence-electron chi connectivity index (χ4n) is 3.75. The predicted molar refractivity (Wildman–Crippen MR) is 87.0 cm³/mol. The highest BCUT2D eigenvalue weighted by molar-refractivity contribution is 6.30. The van der Waals surface area contributed by atoms with E-state index in [4.69, 9.17) is 16.3 Å². The molecule has 0 bridgehead atoms. The van der Waals surface area contributed by atoms with Crippen molar-refractivity contribution in [2.45, 2.75) is 43.9 Å². The van der Waals surface area contributed by atoms with Crippen molar-refractivity contribution in [2.75, 3.05) is 26.7 Å². The molecule has 1 N–H and O–H groups in total. The van der Waals surface area contributed by atoms with Crippen molar-refractivity contribution < 1.29 is 4.74 Å². The summed E-state index contributed by atoms with van der Waals surface area (Å²) < 4.78 is 5.64. The minimum Gasteiger partial charge on any atom is -0.380 e. The van der Waals surface area contributed by atoms with Crippen molar-refractivity contribution in [1.82, 2.24) is 10.2 Å². The van der Waals surface area contributed by atoms with Crippen LogP contribution >= 0.6 is 11.6 Å². The van der Waals surface area contributed by atoms with Crippen molar-refractivity contribution >= 4 is 11.6 Å². The van der Waals surface area contributed by atoms with E-state index in [-0.39, 0.29) is 0 Å². The number of likely N-dealkylation sites (tertiary alicyclic amines) is 1. The number of rotatable bonds is 4. The smallest absolute Gasteiger partial charge is 0.0713 e. The normalized spacial score (nSPS) is 28.1. The molecule has 0 radical (unpaired) electrons. The third-order valence-corrected chi connectivity index (χ3v) is 5.17. The van der Waals surface area contributed by atoms with Gasteiger partial charge in [0.05, 0.1) is 6.10 Å². The molecule has 21 heavy (non-hydrogen) atoms. The molecule has 2 atom stereocenters. The lowest BCUT2D eigenvalue weighted by atomic mass is 9.99. The first-order valence-corrected chi connectivity index (χ1v) is 8.38. The number of hydrogen-bond donors (Lipinski definition) is 1. The van der Waals surface area contributed by atoms with E-state index >= 15 is 0 Å². The van der Waals surface area contributed by atoms with Crippen LogP contribution in [0.1, 0.15) is 24.8 Å². The second-order valence-corrected chi connectivity index (χ2v) is 6.69. The minimum absolute atomic E-state index is 0.386. The zero-order chi connectivity index (χ0) is 14.7. The van der Waals surface area contributed by atoms with Gasteiger partial charge in [0.2, 0.25) is 0 Å². The molecule has 2 aliphatic heterocycles. The molecule has 1 aromatic rings. The molecule has 1 unspecified atom stereocenters. The molecule has 4 heteroatoms. The number of piperidine rings is 1. The average Bonchev–Trinajstić information content (AvgIpc) is 2.93. The zero-order valence-corrected chi connectivity index (χ0v) is 13.5. The van der Waals surface area contributed by atoms with Crippen LogP contribution in [0.25, 0.3) is 0 Å². The van der Waals surface area contributed by atoms with Gasteiger partial charge in [-0.05, 0) is 56.5 Å². The fraction of sp³-hybridized carbons (Fsp3) is 0.647. The number of halogens is 1. The van der Waals surface area contributed by atoms with E-state index in [1.165, 1.54) is 18.4 Å². The Morgan fingerprint density at radius 3 is 2.62 bits per heavy atom. The Kier molecular flexibility index (Phi) is 5.17. The van der Waals surface area contributed by atoms with Gasteiger partial charge in [0.1, 0.15) is 0 Å². The third-order valence-electron chi connectivity index (χ3n) is 4.91. The number of nitrogens with zero attached hydrogens (tertiary/aromatic N) is 1. The highest BCUT2D eigenvalue weighted by Gasteiger charge is 2.36. The van der Waals surface area contributed by atoms with Crippen molar-refractivity contribution in [3.63, 3.8) is 0 Å². The lowest BCUT2D eigenvalue weighted by molar-refractivity contribution is 0.0931. The van der Waals surface area contributed by atoms with Crippen molar-refractivity contribution in [3.05, 3.63) is 34.9 Å². The van der Waals surface area contributed by atoms with Gasteiger partial charge in [-0.25, -0.2) is 0 Å². The van der Waals surface area contributed by atoms with Crippen molar-refractivity contribution in [2.24, 2.45) is 0 Å². The van der Waals surface area contributed by atoms with Crippen LogP contribution in [-0.2, 0) is 11.2 Å². The number of nitrogens with one attached hydrogen (secondary N) is 1. The largest absolute Gasteiger partial charge is 0.380 e. The molecule has 2 saturated heterocycles. The highest BCUT2D eigenvalue weighted by atomic mass is 35.5. The number of benzene rings is 1. The second kappa shape index (κ2) is 7.10. The van der Waals surface area contributed by atoms with E-state index in [9.17, 15) is 0 Å². The Hall–Kier alpha value is -0.610. The van der Waals surface area contributed by atoms with E-state index < -0.39 is 0 Å². The Bertz CT molecular complexity index is 445. The van der Waals surface area contributed by atoms with Crippen LogP contribution in [0.2, 0.25) is 5.02 Å². The average molecular weight is 309 g/mol. The molecule has 2 heterocycles. The molecule has 0 amide bonds. The van der Waals surface area contributed by atoms with Crippen molar-refractivity contribution in [1.29, 1.82) is 0 Å². The van der Waals surface area contributed by atoms with Gasteiger partial charge in [-0.2, -0.15) is 0 Å². The van der Waals surface area contributed by atoms with Crippen LogP contribution in [0, 0.1) is 0 Å². The SMILES string of the molecule is COC1C[C@H](Cc2ccc(Cl)cc2)N(C2CCNCC2)C1. The van der Waals surface area contributed by atoms with Crippen LogP contribution in [0.15, 0.2) is 24.3 Å². The molecular formula is C17H25ClN2O. The summed E-state index contributed by atoms with van der Waals surface area (Å²) in [5.41, 5.74) is 1.38. The molecule has 0 spiro atoms. The Morgan fingerprint density at radius 1 is 1.24 bits per heavy atom. The molecule has 2 aliphatic rings. The first kappa shape index (κ1) is 15.3. The number of ether oxygens (including phenoxy) is 1. The van der Waals surface area contributed by atoms with Crippen LogP contribution in [0.4, 0.5) is 0 Å². The Morgan fingerprint density at radius 2 is 1.95 bits per heavy atom. The minimum atomic E-state index is 0.386. The van der Waals surface area contributed by atoms with E-state index in [1.54, 1.807) is 0 Å². The van der Waals surface area contributed by atoms with Crippen LogP contribution in [0.5, 0.6) is 0 Å². The van der Waals surface area contributed by atoms with Gasteiger partial charge in [-0.15, -0.1) is 0 Å². The van der Waals surface area contributed by atoms with Gasteiger partial charge in [0.25, 0.3) is 0 Å². The molecule has 3 nitrogen and oxygen atoms in total. The first-order valence-electron chi connectivity index (χ1n) is 8.00. The van der Waals surface area contributed by atoms with Crippen molar-refractivity contribution in [3.8, 4) is 0 Å². The van der Waals surface area contributed by atoms with Gasteiger partial charge < -0.3 is 10.1 Å². The van der Waals surface area contributed by atoms with Crippen LogP contribution < -0.4 is 5.32 Å². The van der Waals surface area contributed by atoms with Gasteiger partial charge in [0.15, 0.2) is 0 Å². The summed E-state index contributed by atoms with van der Waals surface area (Å²) >= 11 is 5.99. The summed E-state index contributed by atoms with van der Waals surface area (Å²) in [5.74, 6) is 0. The fourth-order valence-corrected chi connectivity index (χ4v) is 3.87. The molecular weight excluding hydrogens is 284 g/mol. The lowest BCUT2D eigenvalue weighted by Crippen LogP contribution is -2.46. The topological polar surface area (TPSA) is 24.5 Å². The van der Waals surface area contributed by atoms with E-state index in [1.807, 2.05) is 19.2 Å². The van der Waals surface area contributed by atoms with Crippen LogP contribution in [0.3, 0.4) is 0 Å². The third kappa shape index (κ3) is 3.78. The standard InChI is InChI=1S/C17H25ClN2O/c1-21-17-11-16(10-13-2-4-14(18)5-3-13)20(12-17)15-6-8-19-9-7-15/h2-5,15-17,19H,6-12H2,1H3/t16-,17?/m0/s1. The van der Waals surface area contributed by atoms with E-state index in [0.29, 0.717) is 18.2 Å². The summed E-state index contributed by atoms with van der Waals surface area (Å²) in [6, 6.07) is 9.61. The molecule has 116 valence electrons. The zero-order valence-electron chi connectivity index (χ0n) is 12.7. The number of methoxy groups -OCH3 is 1. The second-order valence-electron chi connectivity index (χ2n) is 6.26. The Labute approximate surface area is 132 Å². The highest BCUT2D eigenvalue weighted by Crippen LogP contribution is 2.28. The summed E-state index contributed by atoms with van der Waals surface area (Å²) in [5, 5.41) is 4.28. The quantitative estimate of drug-likeness (QED) is 0.925. The Balaban J connectivity index is 1.69. The first-order chi connectivity index (χ1) is 10.3. The predicted octanol–water partition coefficient (Wildman–Crippen LogP) is 2.72. The number of hydrogen-bond acceptors (Lipinski definition) is 3. The van der Waals surface area contributed by atoms with Gasteiger partial charge in [0, 0.05) is 30.8 Å². The molecule has 0 aliphatic carbocycles. The lowest BCUT2D eigenvalue weighted by Gasteiger charge is -2.35. The monoisotopic (exact) mass is 308 g/mol.